The van der Waals surface area contributed by atoms with Crippen LogP contribution in [0.4, 0.5) is 32.2 Å². The standard InChI is InChI=1S/C21H23F6N5O/c22-20(23,24)6-17-30-16(11-5-15(21(25,26)27)19(28)29-7-11)10-32(17)18-13-8-31(9-14(13)18)12-1-3-33-4-2-12/h5,7,10,12-14,18H,1-4,6,8-9H2,(H2,28,29)/t13-,14+,18?. The minimum Gasteiger partial charge on any atom is -0.383 e. The number of likely N-dealkylation sites (tertiary alicyclic amines) is 1. The highest BCUT2D eigenvalue weighted by molar-refractivity contribution is 5.62. The molecule has 0 aromatic carbocycles. The number of rotatable bonds is 4. The average Bonchev–Trinajstić information content (AvgIpc) is 3.06. The van der Waals surface area contributed by atoms with Crippen LogP contribution in [-0.2, 0) is 17.3 Å². The summed E-state index contributed by atoms with van der Waals surface area (Å²) in [5, 5.41) is 0. The Morgan fingerprint density at radius 2 is 1.73 bits per heavy atom. The van der Waals surface area contributed by atoms with Crippen LogP contribution in [0.3, 0.4) is 0 Å². The summed E-state index contributed by atoms with van der Waals surface area (Å²) in [5.41, 5.74) is 4.22. The van der Waals surface area contributed by atoms with Crippen LogP contribution in [0.2, 0.25) is 0 Å². The molecular formula is C21H23F6N5O. The van der Waals surface area contributed by atoms with Gasteiger partial charge in [-0.05, 0) is 30.7 Å². The van der Waals surface area contributed by atoms with E-state index >= 15 is 0 Å². The first-order chi connectivity index (χ1) is 15.5. The maximum atomic E-state index is 13.2. The fourth-order valence-electron chi connectivity index (χ4n) is 5.27. The molecule has 5 rings (SSSR count). The Morgan fingerprint density at radius 1 is 1.06 bits per heavy atom. The van der Waals surface area contributed by atoms with Gasteiger partial charge in [0.05, 0.1) is 11.3 Å². The van der Waals surface area contributed by atoms with Gasteiger partial charge >= 0.3 is 12.4 Å². The topological polar surface area (TPSA) is 69.2 Å². The van der Waals surface area contributed by atoms with Gasteiger partial charge < -0.3 is 15.0 Å². The quantitative estimate of drug-likeness (QED) is 0.679. The zero-order valence-corrected chi connectivity index (χ0v) is 17.5. The molecule has 1 aliphatic carbocycles. The number of nitrogen functional groups attached to an aromatic ring is 1. The van der Waals surface area contributed by atoms with E-state index < -0.39 is 30.2 Å². The summed E-state index contributed by atoms with van der Waals surface area (Å²) in [6, 6.07) is 1.08. The van der Waals surface area contributed by atoms with Crippen LogP contribution in [-0.4, -0.2) is 58.0 Å². The largest absolute Gasteiger partial charge is 0.419 e. The maximum absolute atomic E-state index is 13.2. The van der Waals surface area contributed by atoms with Crippen LogP contribution < -0.4 is 5.73 Å². The zero-order valence-electron chi connectivity index (χ0n) is 17.5. The molecule has 2 aromatic heterocycles. The maximum Gasteiger partial charge on any atom is 0.419 e. The number of pyridine rings is 1. The number of hydrogen-bond donors (Lipinski definition) is 1. The molecule has 12 heteroatoms. The summed E-state index contributed by atoms with van der Waals surface area (Å²) < 4.78 is 86.3. The molecule has 4 heterocycles. The van der Waals surface area contributed by atoms with Gasteiger partial charge in [-0.2, -0.15) is 26.3 Å². The Morgan fingerprint density at radius 3 is 2.33 bits per heavy atom. The lowest BCUT2D eigenvalue weighted by Gasteiger charge is -2.32. The minimum atomic E-state index is -4.73. The third kappa shape index (κ3) is 4.42. The van der Waals surface area contributed by atoms with Gasteiger partial charge in [-0.15, -0.1) is 0 Å². The van der Waals surface area contributed by atoms with Crippen LogP contribution in [0.25, 0.3) is 11.3 Å². The highest BCUT2D eigenvalue weighted by Crippen LogP contribution is 2.56. The molecule has 2 aliphatic heterocycles. The molecule has 180 valence electrons. The Hall–Kier alpha value is -2.34. The van der Waals surface area contributed by atoms with Gasteiger partial charge in [-0.25, -0.2) is 9.97 Å². The number of nitrogens with two attached hydrogens (primary N) is 1. The molecule has 0 spiro atoms. The van der Waals surface area contributed by atoms with E-state index in [2.05, 4.69) is 14.9 Å². The van der Waals surface area contributed by atoms with Crippen molar-refractivity contribution in [3.05, 3.63) is 29.8 Å². The molecule has 1 unspecified atom stereocenters. The SMILES string of the molecule is Nc1ncc(-c2cn(C3[C@H]4CN(C5CCOCC5)C[C@@H]34)c(CC(F)(F)F)n2)cc1C(F)(F)F. The molecule has 2 aromatic rings. The fraction of sp³-hybridized carbons (Fsp3) is 0.619. The van der Waals surface area contributed by atoms with Crippen molar-refractivity contribution in [2.24, 2.45) is 11.8 Å². The van der Waals surface area contributed by atoms with E-state index in [0.29, 0.717) is 6.04 Å². The predicted octanol–water partition coefficient (Wildman–Crippen LogP) is 3.93. The summed E-state index contributed by atoms with van der Waals surface area (Å²) in [5.74, 6) is -0.472. The first kappa shape index (κ1) is 22.5. The molecule has 0 radical (unpaired) electrons. The smallest absolute Gasteiger partial charge is 0.383 e. The number of anilines is 1. The molecule has 33 heavy (non-hydrogen) atoms. The van der Waals surface area contributed by atoms with Crippen molar-refractivity contribution in [1.82, 2.24) is 19.4 Å². The number of nitrogens with zero attached hydrogens (tertiary/aromatic N) is 4. The first-order valence-electron chi connectivity index (χ1n) is 10.8. The summed E-state index contributed by atoms with van der Waals surface area (Å²) in [4.78, 5) is 10.0. The molecule has 6 nitrogen and oxygen atoms in total. The first-order valence-corrected chi connectivity index (χ1v) is 10.8. The van der Waals surface area contributed by atoms with Gasteiger partial charge in [0.1, 0.15) is 18.1 Å². The Balaban J connectivity index is 1.41. The Bertz CT molecular complexity index is 1020. The minimum absolute atomic E-state index is 0.0201. The van der Waals surface area contributed by atoms with E-state index in [1.165, 1.54) is 10.8 Å². The lowest BCUT2D eigenvalue weighted by atomic mass is 10.1. The molecular weight excluding hydrogens is 452 g/mol. The van der Waals surface area contributed by atoms with Crippen molar-refractivity contribution < 1.29 is 31.1 Å². The van der Waals surface area contributed by atoms with E-state index in [1.807, 2.05) is 0 Å². The van der Waals surface area contributed by atoms with Gasteiger partial charge in [0.25, 0.3) is 0 Å². The van der Waals surface area contributed by atoms with Gasteiger partial charge in [-0.3, -0.25) is 4.90 Å². The summed E-state index contributed by atoms with van der Waals surface area (Å²) in [7, 11) is 0. The van der Waals surface area contributed by atoms with Gasteiger partial charge in [0.2, 0.25) is 0 Å². The van der Waals surface area contributed by atoms with Crippen molar-refractivity contribution >= 4 is 5.82 Å². The van der Waals surface area contributed by atoms with Gasteiger partial charge in [0, 0.05) is 56.3 Å². The lowest BCUT2D eigenvalue weighted by molar-refractivity contribution is -0.137. The molecule has 2 N–H and O–H groups in total. The molecule has 1 saturated carbocycles. The number of halogens is 6. The average molecular weight is 475 g/mol. The normalized spacial score (nSPS) is 26.5. The fourth-order valence-corrected chi connectivity index (χ4v) is 5.27. The summed E-state index contributed by atoms with van der Waals surface area (Å²) >= 11 is 0. The van der Waals surface area contributed by atoms with Crippen molar-refractivity contribution in [3.63, 3.8) is 0 Å². The number of ether oxygens (including phenoxy) is 1. The number of imidazole rings is 1. The van der Waals surface area contributed by atoms with E-state index in [-0.39, 0.29) is 35.0 Å². The molecule has 0 bridgehead atoms. The number of hydrogen-bond acceptors (Lipinski definition) is 5. The Labute approximate surface area is 185 Å². The van der Waals surface area contributed by atoms with Crippen LogP contribution in [0.15, 0.2) is 18.5 Å². The lowest BCUT2D eigenvalue weighted by Crippen LogP contribution is -2.39. The molecule has 3 fully saturated rings. The molecule has 0 amide bonds. The number of fused-ring (bicyclic) bond motifs is 1. The van der Waals surface area contributed by atoms with E-state index in [1.54, 1.807) is 0 Å². The number of alkyl halides is 6. The predicted molar refractivity (Wildman–Crippen MR) is 106 cm³/mol. The Kier molecular flexibility index (Phi) is 5.35. The third-order valence-electron chi connectivity index (χ3n) is 6.89. The van der Waals surface area contributed by atoms with E-state index in [0.717, 1.165) is 51.4 Å². The van der Waals surface area contributed by atoms with Crippen LogP contribution in [0.1, 0.15) is 30.3 Å². The van der Waals surface area contributed by atoms with Crippen molar-refractivity contribution in [2.45, 2.75) is 43.7 Å². The van der Waals surface area contributed by atoms with E-state index in [4.69, 9.17) is 10.5 Å². The number of piperidine rings is 1. The van der Waals surface area contributed by atoms with Gasteiger partial charge in [-0.1, -0.05) is 0 Å². The number of aromatic nitrogens is 3. The summed E-state index contributed by atoms with van der Waals surface area (Å²) in [6.45, 7) is 3.02. The second kappa shape index (κ2) is 7.86. The van der Waals surface area contributed by atoms with Crippen molar-refractivity contribution in [2.75, 3.05) is 32.0 Å². The highest BCUT2D eigenvalue weighted by atomic mass is 19.4. The van der Waals surface area contributed by atoms with Gasteiger partial charge in [0.15, 0.2) is 0 Å². The summed E-state index contributed by atoms with van der Waals surface area (Å²) in [6.07, 6.45) is -6.04. The second-order valence-electron chi connectivity index (χ2n) is 9.01. The van der Waals surface area contributed by atoms with Crippen molar-refractivity contribution in [1.29, 1.82) is 0 Å². The molecule has 3 aliphatic rings. The van der Waals surface area contributed by atoms with Crippen molar-refractivity contribution in [3.8, 4) is 11.3 Å². The zero-order chi connectivity index (χ0) is 23.5. The van der Waals surface area contributed by atoms with Crippen LogP contribution >= 0.6 is 0 Å². The second-order valence-corrected chi connectivity index (χ2v) is 9.01. The van der Waals surface area contributed by atoms with Crippen LogP contribution in [0, 0.1) is 11.8 Å². The monoisotopic (exact) mass is 475 g/mol. The third-order valence-corrected chi connectivity index (χ3v) is 6.89. The van der Waals surface area contributed by atoms with Crippen LogP contribution in [0.5, 0.6) is 0 Å². The molecule has 3 atom stereocenters. The van der Waals surface area contributed by atoms with E-state index in [9.17, 15) is 26.3 Å². The molecule has 2 saturated heterocycles. The highest BCUT2D eigenvalue weighted by Gasteiger charge is 2.58.